The monoisotopic (exact) mass is 317 g/mol. The summed E-state index contributed by atoms with van der Waals surface area (Å²) in [6, 6.07) is 7.73. The molecule has 23 heavy (non-hydrogen) atoms. The number of hydrogen-bond donors (Lipinski definition) is 4. The summed E-state index contributed by atoms with van der Waals surface area (Å²) in [5.41, 5.74) is 5.62. The highest BCUT2D eigenvalue weighted by molar-refractivity contribution is 5.87. The first-order valence-corrected chi connectivity index (χ1v) is 7.12. The molecule has 1 unspecified atom stereocenters. The Morgan fingerprint density at radius 1 is 1.35 bits per heavy atom. The van der Waals surface area contributed by atoms with Crippen LogP contribution in [0.15, 0.2) is 36.5 Å². The number of aliphatic hydroxyl groups is 1. The van der Waals surface area contributed by atoms with Gasteiger partial charge in [-0.1, -0.05) is 0 Å². The van der Waals surface area contributed by atoms with Crippen LogP contribution >= 0.6 is 0 Å². The van der Waals surface area contributed by atoms with E-state index in [9.17, 15) is 9.90 Å². The van der Waals surface area contributed by atoms with E-state index in [1.165, 1.54) is 0 Å². The molecular weight excluding hydrogens is 298 g/mol. The minimum atomic E-state index is -0.623. The first-order valence-electron chi connectivity index (χ1n) is 7.12. The van der Waals surface area contributed by atoms with Gasteiger partial charge in [0.25, 0.3) is 0 Å². The number of hydrogen-bond acceptors (Lipinski definition) is 6. The molecule has 5 N–H and O–H groups in total. The van der Waals surface area contributed by atoms with Crippen LogP contribution in [0.4, 0.5) is 16.4 Å². The lowest BCUT2D eigenvalue weighted by molar-refractivity contribution is 0.188. The summed E-state index contributed by atoms with van der Waals surface area (Å²) in [5, 5.41) is 14.7. The first-order chi connectivity index (χ1) is 11.0. The summed E-state index contributed by atoms with van der Waals surface area (Å²) in [6.07, 6.45) is 1.80. The van der Waals surface area contributed by atoms with Crippen molar-refractivity contribution < 1.29 is 14.6 Å². The number of primary amides is 1. The summed E-state index contributed by atoms with van der Waals surface area (Å²) in [6.45, 7) is 2.29. The molecule has 2 amide bonds. The Bertz CT molecular complexity index is 646. The molecule has 0 radical (unpaired) electrons. The highest BCUT2D eigenvalue weighted by Crippen LogP contribution is 2.21. The van der Waals surface area contributed by atoms with Crippen molar-refractivity contribution in [3.05, 3.63) is 36.5 Å². The molecule has 0 spiro atoms. The predicted molar refractivity (Wildman–Crippen MR) is 86.5 cm³/mol. The Kier molecular flexibility index (Phi) is 5.70. The van der Waals surface area contributed by atoms with E-state index in [0.717, 1.165) is 0 Å². The number of carbonyl (C=O) groups is 1. The maximum absolute atomic E-state index is 10.8. The van der Waals surface area contributed by atoms with Crippen molar-refractivity contribution >= 4 is 17.7 Å². The minimum Gasteiger partial charge on any atom is -0.439 e. The van der Waals surface area contributed by atoms with Gasteiger partial charge in [-0.15, -0.1) is 0 Å². The van der Waals surface area contributed by atoms with E-state index in [1.54, 1.807) is 43.5 Å². The van der Waals surface area contributed by atoms with Crippen molar-refractivity contribution in [1.82, 2.24) is 9.97 Å². The van der Waals surface area contributed by atoms with Crippen LogP contribution in [0.1, 0.15) is 13.3 Å². The molecule has 8 heteroatoms. The van der Waals surface area contributed by atoms with Gasteiger partial charge in [-0.2, -0.15) is 4.98 Å². The highest BCUT2D eigenvalue weighted by Gasteiger charge is 2.03. The number of nitrogens with zero attached hydrogens (tertiary/aromatic N) is 2. The highest BCUT2D eigenvalue weighted by atomic mass is 16.5. The van der Waals surface area contributed by atoms with Crippen molar-refractivity contribution in [2.24, 2.45) is 5.73 Å². The molecule has 0 saturated heterocycles. The lowest BCUT2D eigenvalue weighted by Crippen LogP contribution is -2.19. The van der Waals surface area contributed by atoms with Gasteiger partial charge in [-0.05, 0) is 37.6 Å². The fraction of sp³-hybridized carbons (Fsp3) is 0.267. The quantitative estimate of drug-likeness (QED) is 0.619. The number of amides is 2. The molecule has 0 saturated carbocycles. The molecule has 2 aromatic rings. The van der Waals surface area contributed by atoms with Crippen LogP contribution in [0.2, 0.25) is 0 Å². The number of carbonyl (C=O) groups excluding carboxylic acids is 1. The number of nitrogens with one attached hydrogen (secondary N) is 2. The smallest absolute Gasteiger partial charge is 0.316 e. The molecule has 0 aliphatic heterocycles. The molecule has 1 atom stereocenters. The normalized spacial score (nSPS) is 11.6. The second-order valence-corrected chi connectivity index (χ2v) is 4.90. The molecule has 1 aromatic heterocycles. The van der Waals surface area contributed by atoms with E-state index < -0.39 is 6.03 Å². The molecule has 0 fully saturated rings. The first kappa shape index (κ1) is 16.5. The van der Waals surface area contributed by atoms with Gasteiger partial charge in [0.1, 0.15) is 5.75 Å². The SMILES string of the molecule is CC(O)CCNc1nccc(Oc2ccc(NC(N)=O)cc2)n1. The summed E-state index contributed by atoms with van der Waals surface area (Å²) in [4.78, 5) is 19.1. The van der Waals surface area contributed by atoms with Gasteiger partial charge in [0.05, 0.1) is 6.10 Å². The number of rotatable bonds is 7. The van der Waals surface area contributed by atoms with E-state index in [4.69, 9.17) is 10.5 Å². The average molecular weight is 317 g/mol. The van der Waals surface area contributed by atoms with Crippen LogP contribution in [-0.4, -0.2) is 33.8 Å². The summed E-state index contributed by atoms with van der Waals surface area (Å²) >= 11 is 0. The van der Waals surface area contributed by atoms with Crippen molar-refractivity contribution in [2.75, 3.05) is 17.2 Å². The van der Waals surface area contributed by atoms with E-state index in [2.05, 4.69) is 20.6 Å². The van der Waals surface area contributed by atoms with Crippen LogP contribution in [0, 0.1) is 0 Å². The third kappa shape index (κ3) is 5.79. The number of aromatic nitrogens is 2. The molecule has 8 nitrogen and oxygen atoms in total. The fourth-order valence-corrected chi connectivity index (χ4v) is 1.75. The van der Waals surface area contributed by atoms with Crippen LogP contribution in [0.25, 0.3) is 0 Å². The topological polar surface area (TPSA) is 122 Å². The molecule has 0 aliphatic carbocycles. The summed E-state index contributed by atoms with van der Waals surface area (Å²) < 4.78 is 5.62. The standard InChI is InChI=1S/C15H19N5O3/c1-10(21)6-8-17-15-18-9-7-13(20-15)23-12-4-2-11(3-5-12)19-14(16)22/h2-5,7,9-10,21H,6,8H2,1H3,(H3,16,19,22)(H,17,18,20). The average Bonchev–Trinajstić information content (AvgIpc) is 2.49. The Labute approximate surface area is 133 Å². The number of anilines is 2. The molecule has 0 aliphatic rings. The maximum Gasteiger partial charge on any atom is 0.316 e. The van der Waals surface area contributed by atoms with E-state index in [-0.39, 0.29) is 6.10 Å². The van der Waals surface area contributed by atoms with Crippen LogP contribution < -0.4 is 21.1 Å². The van der Waals surface area contributed by atoms with E-state index >= 15 is 0 Å². The Morgan fingerprint density at radius 3 is 2.74 bits per heavy atom. The van der Waals surface area contributed by atoms with Gasteiger partial charge in [0.15, 0.2) is 0 Å². The van der Waals surface area contributed by atoms with Crippen LogP contribution in [0.5, 0.6) is 11.6 Å². The lowest BCUT2D eigenvalue weighted by Gasteiger charge is -2.09. The maximum atomic E-state index is 10.8. The van der Waals surface area contributed by atoms with E-state index in [0.29, 0.717) is 36.2 Å². The van der Waals surface area contributed by atoms with Crippen molar-refractivity contribution in [2.45, 2.75) is 19.4 Å². The number of benzene rings is 1. The third-order valence-electron chi connectivity index (χ3n) is 2.82. The third-order valence-corrected chi connectivity index (χ3v) is 2.82. The predicted octanol–water partition coefficient (Wildman–Crippen LogP) is 1.94. The Hall–Kier alpha value is -2.87. The van der Waals surface area contributed by atoms with Gasteiger partial charge in [0.2, 0.25) is 11.8 Å². The molecule has 2 rings (SSSR count). The number of aliphatic hydroxyl groups excluding tert-OH is 1. The molecule has 122 valence electrons. The molecule has 1 heterocycles. The lowest BCUT2D eigenvalue weighted by atomic mass is 10.3. The van der Waals surface area contributed by atoms with Crippen molar-refractivity contribution in [3.63, 3.8) is 0 Å². The van der Waals surface area contributed by atoms with Crippen molar-refractivity contribution in [1.29, 1.82) is 0 Å². The van der Waals surface area contributed by atoms with Gasteiger partial charge in [-0.25, -0.2) is 9.78 Å². The second-order valence-electron chi connectivity index (χ2n) is 4.90. The largest absolute Gasteiger partial charge is 0.439 e. The summed E-state index contributed by atoms with van der Waals surface area (Å²) in [5.74, 6) is 1.37. The van der Waals surface area contributed by atoms with Gasteiger partial charge in [-0.3, -0.25) is 0 Å². The summed E-state index contributed by atoms with van der Waals surface area (Å²) in [7, 11) is 0. The zero-order valence-electron chi connectivity index (χ0n) is 12.7. The number of nitrogens with two attached hydrogens (primary N) is 1. The van der Waals surface area contributed by atoms with Crippen LogP contribution in [-0.2, 0) is 0 Å². The Morgan fingerprint density at radius 2 is 2.09 bits per heavy atom. The molecule has 1 aromatic carbocycles. The van der Waals surface area contributed by atoms with Gasteiger partial charge < -0.3 is 26.2 Å². The zero-order chi connectivity index (χ0) is 16.7. The minimum absolute atomic E-state index is 0.380. The van der Waals surface area contributed by atoms with Crippen molar-refractivity contribution in [3.8, 4) is 11.6 Å². The molecular formula is C15H19N5O3. The van der Waals surface area contributed by atoms with Gasteiger partial charge in [0, 0.05) is 24.5 Å². The fourth-order valence-electron chi connectivity index (χ4n) is 1.75. The number of ether oxygens (including phenoxy) is 1. The molecule has 0 bridgehead atoms. The van der Waals surface area contributed by atoms with E-state index in [1.807, 2.05) is 0 Å². The zero-order valence-corrected chi connectivity index (χ0v) is 12.7. The Balaban J connectivity index is 1.95. The van der Waals surface area contributed by atoms with Gasteiger partial charge >= 0.3 is 6.03 Å². The second kappa shape index (κ2) is 7.95. The van der Waals surface area contributed by atoms with Crippen LogP contribution in [0.3, 0.4) is 0 Å². The number of urea groups is 1.